The number of fused-ring (bicyclic) bond motifs is 1. The smallest absolute Gasteiger partial charge is 0.271 e. The molecule has 0 saturated heterocycles. The number of carbonyl (C=O) groups excluding carboxylic acids is 1. The third kappa shape index (κ3) is 5.98. The summed E-state index contributed by atoms with van der Waals surface area (Å²) in [6.45, 7) is 2.06. The highest BCUT2D eigenvalue weighted by Crippen LogP contribution is 2.31. The number of nitriles is 1. The molecule has 0 bridgehead atoms. The average molecular weight is 569 g/mol. The summed E-state index contributed by atoms with van der Waals surface area (Å²) in [7, 11) is 3.00. The van der Waals surface area contributed by atoms with Crippen LogP contribution in [0.4, 0.5) is 0 Å². The zero-order chi connectivity index (χ0) is 29.6. The summed E-state index contributed by atoms with van der Waals surface area (Å²) in [5.74, 6) is 0.330. The first kappa shape index (κ1) is 29.2. The minimum absolute atomic E-state index is 0.0286. The number of hydrogen-bond donors (Lipinski definition) is 0. The highest BCUT2D eigenvalue weighted by atomic mass is 16.7. The number of hydroxylamine groups is 2. The van der Waals surface area contributed by atoms with Crippen LogP contribution in [-0.2, 0) is 27.2 Å². The zero-order valence-corrected chi connectivity index (χ0v) is 24.3. The van der Waals surface area contributed by atoms with Gasteiger partial charge in [0, 0.05) is 25.1 Å². The topological polar surface area (TPSA) is 115 Å². The molecule has 1 amide bonds. The van der Waals surface area contributed by atoms with Crippen LogP contribution in [0.1, 0.15) is 67.5 Å². The number of aromatic nitrogens is 4. The van der Waals surface area contributed by atoms with Gasteiger partial charge in [-0.15, -0.1) is 0 Å². The molecule has 0 atom stereocenters. The lowest BCUT2D eigenvalue weighted by Crippen LogP contribution is -2.36. The second-order valence-corrected chi connectivity index (χ2v) is 10.7. The number of carbonyl (C=O) groups is 1. The van der Waals surface area contributed by atoms with Crippen LogP contribution in [0.15, 0.2) is 59.7 Å². The van der Waals surface area contributed by atoms with E-state index in [1.807, 2.05) is 57.6 Å². The number of nitrogens with zero attached hydrogens (tertiary/aromatic N) is 6. The number of aryl methyl sites for hydroxylation is 1. The molecule has 10 nitrogen and oxygen atoms in total. The van der Waals surface area contributed by atoms with Gasteiger partial charge in [-0.3, -0.25) is 19.0 Å². The van der Waals surface area contributed by atoms with E-state index in [2.05, 4.69) is 23.1 Å². The molecule has 1 aliphatic rings. The van der Waals surface area contributed by atoms with E-state index in [-0.39, 0.29) is 30.2 Å². The number of likely N-dealkylation sites (N-methyl/N-ethyl adjacent to an activating group) is 1. The van der Waals surface area contributed by atoms with Crippen molar-refractivity contribution in [2.24, 2.45) is 0 Å². The number of rotatable bonds is 10. The van der Waals surface area contributed by atoms with E-state index in [9.17, 15) is 14.9 Å². The lowest BCUT2D eigenvalue weighted by atomic mass is 9.92. The third-order valence-electron chi connectivity index (χ3n) is 8.08. The molecule has 2 heterocycles. The Labute approximate surface area is 245 Å². The molecule has 218 valence electrons. The molecule has 0 radical (unpaired) electrons. The van der Waals surface area contributed by atoms with Crippen molar-refractivity contribution in [2.75, 3.05) is 20.8 Å². The summed E-state index contributed by atoms with van der Waals surface area (Å²) in [5, 5.41) is 15.2. The highest BCUT2D eigenvalue weighted by Gasteiger charge is 2.28. The van der Waals surface area contributed by atoms with Gasteiger partial charge in [0.05, 0.1) is 30.5 Å². The van der Waals surface area contributed by atoms with E-state index in [1.54, 1.807) is 7.05 Å². The third-order valence-corrected chi connectivity index (χ3v) is 8.08. The lowest BCUT2D eigenvalue weighted by Gasteiger charge is -2.30. The lowest BCUT2D eigenvalue weighted by molar-refractivity contribution is -0.175. The van der Waals surface area contributed by atoms with Crippen molar-refractivity contribution in [1.82, 2.24) is 24.2 Å². The van der Waals surface area contributed by atoms with Gasteiger partial charge < -0.3 is 4.74 Å². The first-order valence-electron chi connectivity index (χ1n) is 14.4. The van der Waals surface area contributed by atoms with E-state index in [1.165, 1.54) is 13.4 Å². The molecular formula is C32H36N6O4. The Morgan fingerprint density at radius 2 is 1.86 bits per heavy atom. The first-order valence-corrected chi connectivity index (χ1v) is 14.4. The molecule has 5 rings (SSSR count). The standard InChI is InChI=1S/C32H36N6O4/c1-4-7-29-28(18-22-10-12-23(13-11-22)27-9-6-5-8-24(27)19-33)31(40)37(32-34-21-35-38(29)32)25-14-16-26(17-15-25)42-20-30(39)36(2)41-3/h5-6,8-13,21,25-26H,4,7,14-18,20H2,1-3H3. The largest absolute Gasteiger partial charge is 0.368 e. The summed E-state index contributed by atoms with van der Waals surface area (Å²) in [5.41, 5.74) is 5.08. The fourth-order valence-electron chi connectivity index (χ4n) is 5.77. The van der Waals surface area contributed by atoms with Crippen molar-refractivity contribution in [3.63, 3.8) is 0 Å². The number of benzene rings is 2. The summed E-state index contributed by atoms with van der Waals surface area (Å²) in [6, 6.07) is 17.8. The van der Waals surface area contributed by atoms with Gasteiger partial charge in [0.1, 0.15) is 12.9 Å². The van der Waals surface area contributed by atoms with E-state index in [0.29, 0.717) is 24.2 Å². The summed E-state index contributed by atoms with van der Waals surface area (Å²) in [6.07, 6.45) is 6.46. The van der Waals surface area contributed by atoms with Gasteiger partial charge in [0.25, 0.3) is 11.5 Å². The molecule has 10 heteroatoms. The Hall–Kier alpha value is -4.33. The second kappa shape index (κ2) is 13.1. The Balaban J connectivity index is 1.41. The summed E-state index contributed by atoms with van der Waals surface area (Å²) < 4.78 is 9.51. The molecule has 0 N–H and O–H groups in total. The van der Waals surface area contributed by atoms with Crippen LogP contribution >= 0.6 is 0 Å². The Morgan fingerprint density at radius 3 is 2.55 bits per heavy atom. The Morgan fingerprint density at radius 1 is 1.12 bits per heavy atom. The van der Waals surface area contributed by atoms with Gasteiger partial charge in [-0.2, -0.15) is 15.3 Å². The van der Waals surface area contributed by atoms with Gasteiger partial charge in [-0.25, -0.2) is 9.58 Å². The summed E-state index contributed by atoms with van der Waals surface area (Å²) in [4.78, 5) is 35.7. The number of amides is 1. The van der Waals surface area contributed by atoms with Gasteiger partial charge in [0.2, 0.25) is 5.78 Å². The normalized spacial score (nSPS) is 16.8. The van der Waals surface area contributed by atoms with Gasteiger partial charge in [0.15, 0.2) is 0 Å². The minimum atomic E-state index is -0.237. The van der Waals surface area contributed by atoms with Crippen molar-refractivity contribution in [3.8, 4) is 17.2 Å². The maximum absolute atomic E-state index is 14.2. The van der Waals surface area contributed by atoms with Gasteiger partial charge >= 0.3 is 0 Å². The quantitative estimate of drug-likeness (QED) is 0.259. The van der Waals surface area contributed by atoms with E-state index in [4.69, 9.17) is 9.57 Å². The molecule has 4 aromatic rings. The van der Waals surface area contributed by atoms with Crippen LogP contribution in [0, 0.1) is 11.3 Å². The zero-order valence-electron chi connectivity index (χ0n) is 24.3. The monoisotopic (exact) mass is 568 g/mol. The Bertz CT molecular complexity index is 1640. The molecule has 0 spiro atoms. The van der Waals surface area contributed by atoms with Crippen molar-refractivity contribution < 1.29 is 14.4 Å². The minimum Gasteiger partial charge on any atom is -0.368 e. The molecule has 42 heavy (non-hydrogen) atoms. The number of hydrogen-bond acceptors (Lipinski definition) is 7. The van der Waals surface area contributed by atoms with Crippen molar-refractivity contribution in [1.29, 1.82) is 5.26 Å². The predicted molar refractivity (Wildman–Crippen MR) is 158 cm³/mol. The van der Waals surface area contributed by atoms with E-state index >= 15 is 0 Å². The molecule has 2 aromatic heterocycles. The molecule has 2 aromatic carbocycles. The fraction of sp³-hybridized carbons (Fsp3) is 0.406. The maximum Gasteiger partial charge on any atom is 0.271 e. The molecular weight excluding hydrogens is 532 g/mol. The summed E-state index contributed by atoms with van der Waals surface area (Å²) >= 11 is 0. The van der Waals surface area contributed by atoms with E-state index in [0.717, 1.165) is 65.1 Å². The molecule has 1 aliphatic carbocycles. The molecule has 1 fully saturated rings. The van der Waals surface area contributed by atoms with Crippen LogP contribution < -0.4 is 5.56 Å². The van der Waals surface area contributed by atoms with Crippen LogP contribution in [0.2, 0.25) is 0 Å². The first-order chi connectivity index (χ1) is 20.4. The molecule has 1 saturated carbocycles. The SMILES string of the molecule is CCCc1c(Cc2ccc(-c3ccccc3C#N)cc2)c(=O)n(C2CCC(OCC(=O)N(C)OC)CC2)c2ncnn12. The highest BCUT2D eigenvalue weighted by molar-refractivity contribution is 5.76. The van der Waals surface area contributed by atoms with E-state index < -0.39 is 0 Å². The Kier molecular flexibility index (Phi) is 9.10. The van der Waals surface area contributed by atoms with Crippen molar-refractivity contribution in [3.05, 3.63) is 87.6 Å². The predicted octanol–water partition coefficient (Wildman–Crippen LogP) is 4.49. The van der Waals surface area contributed by atoms with Gasteiger partial charge in [-0.05, 0) is 54.9 Å². The maximum atomic E-state index is 14.2. The van der Waals surface area contributed by atoms with Crippen molar-refractivity contribution >= 4 is 11.7 Å². The van der Waals surface area contributed by atoms with Gasteiger partial charge in [-0.1, -0.05) is 55.8 Å². The second-order valence-electron chi connectivity index (χ2n) is 10.7. The van der Waals surface area contributed by atoms with Crippen LogP contribution in [-0.4, -0.2) is 57.0 Å². The molecule has 0 unspecified atom stereocenters. The van der Waals surface area contributed by atoms with Crippen LogP contribution in [0.25, 0.3) is 16.9 Å². The fourth-order valence-corrected chi connectivity index (χ4v) is 5.77. The molecule has 0 aliphatic heterocycles. The van der Waals surface area contributed by atoms with Crippen molar-refractivity contribution in [2.45, 2.75) is 64.0 Å². The van der Waals surface area contributed by atoms with Crippen LogP contribution in [0.5, 0.6) is 0 Å². The average Bonchev–Trinajstić information content (AvgIpc) is 3.51. The number of ether oxygens (including phenoxy) is 1. The van der Waals surface area contributed by atoms with Crippen LogP contribution in [0.3, 0.4) is 0 Å².